The SMILES string of the molecule is COc1cccc([C@H]2C(C(=O)Nc3ccccc3F)=C(C)NC3=C2C(=O)C[C@H](c2ccccc2)C3)c1OC. The Morgan fingerprint density at radius 2 is 1.68 bits per heavy atom. The van der Waals surface area contributed by atoms with Crippen LogP contribution in [-0.2, 0) is 9.59 Å². The highest BCUT2D eigenvalue weighted by Gasteiger charge is 2.42. The van der Waals surface area contributed by atoms with Gasteiger partial charge in [-0.15, -0.1) is 0 Å². The van der Waals surface area contributed by atoms with Gasteiger partial charge >= 0.3 is 0 Å². The first-order chi connectivity index (χ1) is 18.4. The van der Waals surface area contributed by atoms with E-state index in [1.165, 1.54) is 26.4 Å². The summed E-state index contributed by atoms with van der Waals surface area (Å²) < 4.78 is 25.7. The van der Waals surface area contributed by atoms with Crippen molar-refractivity contribution in [1.29, 1.82) is 0 Å². The molecule has 1 aliphatic heterocycles. The molecule has 3 aromatic carbocycles. The van der Waals surface area contributed by atoms with Crippen LogP contribution >= 0.6 is 0 Å². The Labute approximate surface area is 221 Å². The van der Waals surface area contributed by atoms with Crippen molar-refractivity contribution in [3.63, 3.8) is 0 Å². The molecule has 2 aliphatic rings. The second-order valence-corrected chi connectivity index (χ2v) is 9.44. The summed E-state index contributed by atoms with van der Waals surface area (Å²) in [6, 6.07) is 21.4. The molecule has 0 fully saturated rings. The summed E-state index contributed by atoms with van der Waals surface area (Å²) in [7, 11) is 3.07. The van der Waals surface area contributed by atoms with Gasteiger partial charge in [-0.1, -0.05) is 54.6 Å². The van der Waals surface area contributed by atoms with Crippen LogP contribution in [0.1, 0.15) is 42.7 Å². The number of para-hydroxylation sites is 2. The highest BCUT2D eigenvalue weighted by molar-refractivity contribution is 6.10. The summed E-state index contributed by atoms with van der Waals surface area (Å²) >= 11 is 0. The highest BCUT2D eigenvalue weighted by Crippen LogP contribution is 2.49. The van der Waals surface area contributed by atoms with E-state index in [1.807, 2.05) is 36.4 Å². The van der Waals surface area contributed by atoms with E-state index in [0.29, 0.717) is 46.7 Å². The second kappa shape index (κ2) is 10.5. The number of rotatable bonds is 6. The number of anilines is 1. The summed E-state index contributed by atoms with van der Waals surface area (Å²) in [6.07, 6.45) is 0.933. The number of carbonyl (C=O) groups excluding carboxylic acids is 2. The van der Waals surface area contributed by atoms with Crippen molar-refractivity contribution >= 4 is 17.4 Å². The minimum atomic E-state index is -0.729. The number of Topliss-reactive ketones (excluding diaryl/α,β-unsaturated/α-hetero) is 1. The van der Waals surface area contributed by atoms with Crippen LogP contribution in [0, 0.1) is 5.82 Å². The molecule has 0 saturated carbocycles. The molecule has 1 heterocycles. The third-order valence-corrected chi connectivity index (χ3v) is 7.21. The molecule has 5 rings (SSSR count). The molecule has 38 heavy (non-hydrogen) atoms. The van der Waals surface area contributed by atoms with Crippen molar-refractivity contribution in [3.8, 4) is 11.5 Å². The quantitative estimate of drug-likeness (QED) is 0.434. The smallest absolute Gasteiger partial charge is 0.254 e. The molecule has 0 radical (unpaired) electrons. The van der Waals surface area contributed by atoms with E-state index in [2.05, 4.69) is 10.6 Å². The second-order valence-electron chi connectivity index (χ2n) is 9.44. The minimum Gasteiger partial charge on any atom is -0.493 e. The molecule has 6 nitrogen and oxygen atoms in total. The van der Waals surface area contributed by atoms with Gasteiger partial charge in [0.15, 0.2) is 17.3 Å². The topological polar surface area (TPSA) is 76.7 Å². The molecule has 194 valence electrons. The number of benzene rings is 3. The molecule has 1 amide bonds. The summed E-state index contributed by atoms with van der Waals surface area (Å²) in [5.41, 5.74) is 4.00. The number of allylic oxidation sites excluding steroid dienone is 3. The maximum Gasteiger partial charge on any atom is 0.254 e. The maximum absolute atomic E-state index is 14.4. The molecule has 0 saturated heterocycles. The first-order valence-electron chi connectivity index (χ1n) is 12.5. The van der Waals surface area contributed by atoms with Crippen molar-refractivity contribution in [2.75, 3.05) is 19.5 Å². The summed E-state index contributed by atoms with van der Waals surface area (Å²) in [5.74, 6) is -0.876. The van der Waals surface area contributed by atoms with Gasteiger partial charge in [-0.2, -0.15) is 0 Å². The predicted molar refractivity (Wildman–Crippen MR) is 144 cm³/mol. The van der Waals surface area contributed by atoms with Crippen molar-refractivity contribution < 1.29 is 23.5 Å². The first-order valence-corrected chi connectivity index (χ1v) is 12.5. The van der Waals surface area contributed by atoms with E-state index < -0.39 is 17.6 Å². The first kappa shape index (κ1) is 25.3. The van der Waals surface area contributed by atoms with E-state index >= 15 is 0 Å². The van der Waals surface area contributed by atoms with Gasteiger partial charge in [-0.3, -0.25) is 9.59 Å². The Bertz CT molecular complexity index is 1460. The Hall–Kier alpha value is -4.39. The fraction of sp³-hybridized carbons (Fsp3) is 0.226. The number of carbonyl (C=O) groups is 2. The van der Waals surface area contributed by atoms with Crippen LogP contribution in [0.25, 0.3) is 0 Å². The lowest BCUT2D eigenvalue weighted by atomic mass is 9.71. The van der Waals surface area contributed by atoms with E-state index in [9.17, 15) is 14.0 Å². The number of amides is 1. The van der Waals surface area contributed by atoms with Crippen molar-refractivity contribution in [1.82, 2.24) is 5.32 Å². The number of ether oxygens (including phenoxy) is 2. The van der Waals surface area contributed by atoms with Crippen LogP contribution in [0.3, 0.4) is 0 Å². The van der Waals surface area contributed by atoms with E-state index in [-0.39, 0.29) is 17.4 Å². The Balaban J connectivity index is 1.64. The monoisotopic (exact) mass is 512 g/mol. The molecule has 3 aromatic rings. The Morgan fingerprint density at radius 1 is 0.947 bits per heavy atom. The lowest BCUT2D eigenvalue weighted by Gasteiger charge is -2.37. The number of methoxy groups -OCH3 is 2. The largest absolute Gasteiger partial charge is 0.493 e. The average Bonchev–Trinajstić information content (AvgIpc) is 2.93. The van der Waals surface area contributed by atoms with Gasteiger partial charge in [-0.05, 0) is 43.0 Å². The van der Waals surface area contributed by atoms with Crippen LogP contribution in [-0.4, -0.2) is 25.9 Å². The zero-order valence-corrected chi connectivity index (χ0v) is 21.5. The lowest BCUT2D eigenvalue weighted by Crippen LogP contribution is -2.37. The van der Waals surface area contributed by atoms with E-state index in [4.69, 9.17) is 9.47 Å². The van der Waals surface area contributed by atoms with Gasteiger partial charge in [0.25, 0.3) is 5.91 Å². The fourth-order valence-electron chi connectivity index (χ4n) is 5.50. The van der Waals surface area contributed by atoms with Gasteiger partial charge in [-0.25, -0.2) is 4.39 Å². The average molecular weight is 513 g/mol. The summed E-state index contributed by atoms with van der Waals surface area (Å²) in [4.78, 5) is 27.6. The maximum atomic E-state index is 14.4. The minimum absolute atomic E-state index is 0.0180. The molecule has 0 bridgehead atoms. The molecule has 2 atom stereocenters. The number of hydrogen-bond acceptors (Lipinski definition) is 5. The van der Waals surface area contributed by atoms with Crippen molar-refractivity contribution in [2.45, 2.75) is 31.6 Å². The summed E-state index contributed by atoms with van der Waals surface area (Å²) in [5, 5.41) is 6.06. The normalized spacial score (nSPS) is 19.0. The molecule has 7 heteroatoms. The predicted octanol–water partition coefficient (Wildman–Crippen LogP) is 5.84. The van der Waals surface area contributed by atoms with Crippen LogP contribution < -0.4 is 20.1 Å². The number of hydrogen-bond donors (Lipinski definition) is 2. The van der Waals surface area contributed by atoms with Crippen molar-refractivity contribution in [2.24, 2.45) is 0 Å². The molecular formula is C31H29FN2O4. The Morgan fingerprint density at radius 3 is 2.39 bits per heavy atom. The van der Waals surface area contributed by atoms with Gasteiger partial charge < -0.3 is 20.1 Å². The highest BCUT2D eigenvalue weighted by atomic mass is 19.1. The lowest BCUT2D eigenvalue weighted by molar-refractivity contribution is -0.116. The third kappa shape index (κ3) is 4.56. The number of dihydropyridines is 1. The van der Waals surface area contributed by atoms with Crippen LogP contribution in [0.4, 0.5) is 10.1 Å². The standard InChI is InChI=1S/C31H29FN2O4/c1-18-27(31(36)34-23-14-8-7-13-22(23)32)28(21-12-9-15-26(37-2)30(21)38-3)29-24(33-18)16-20(17-25(29)35)19-10-5-4-6-11-19/h4-15,20,28,33H,16-17H2,1-3H3,(H,34,36)/t20-,28+/m1/s1. The van der Waals surface area contributed by atoms with Crippen LogP contribution in [0.15, 0.2) is 95.3 Å². The van der Waals surface area contributed by atoms with Gasteiger partial charge in [0.2, 0.25) is 0 Å². The number of nitrogens with one attached hydrogen (secondary N) is 2. The van der Waals surface area contributed by atoms with Gasteiger partial charge in [0.05, 0.1) is 25.8 Å². The van der Waals surface area contributed by atoms with Crippen molar-refractivity contribution in [3.05, 3.63) is 112 Å². The molecular weight excluding hydrogens is 483 g/mol. The number of ketones is 1. The van der Waals surface area contributed by atoms with E-state index in [0.717, 1.165) is 11.3 Å². The number of halogens is 1. The van der Waals surface area contributed by atoms with Crippen LogP contribution in [0.5, 0.6) is 11.5 Å². The van der Waals surface area contributed by atoms with Gasteiger partial charge in [0.1, 0.15) is 5.82 Å². The third-order valence-electron chi connectivity index (χ3n) is 7.21. The Kier molecular flexibility index (Phi) is 7.01. The molecule has 2 N–H and O–H groups in total. The summed E-state index contributed by atoms with van der Waals surface area (Å²) in [6.45, 7) is 1.80. The van der Waals surface area contributed by atoms with E-state index in [1.54, 1.807) is 31.2 Å². The zero-order valence-electron chi connectivity index (χ0n) is 21.5. The zero-order chi connectivity index (χ0) is 26.8. The van der Waals surface area contributed by atoms with Crippen LogP contribution in [0.2, 0.25) is 0 Å². The molecule has 0 spiro atoms. The fourth-order valence-corrected chi connectivity index (χ4v) is 5.50. The molecule has 0 unspecified atom stereocenters. The molecule has 0 aromatic heterocycles. The van der Waals surface area contributed by atoms with Gasteiger partial charge in [0, 0.05) is 34.5 Å². The molecule has 1 aliphatic carbocycles.